The number of hydrogen-bond acceptors (Lipinski definition) is 6. The van der Waals surface area contributed by atoms with E-state index in [-0.39, 0.29) is 28.2 Å². The molecule has 31 heavy (non-hydrogen) atoms. The van der Waals surface area contributed by atoms with Gasteiger partial charge in [0, 0.05) is 12.5 Å². The normalized spacial score (nSPS) is 10.6. The third-order valence-electron chi connectivity index (χ3n) is 4.20. The number of aromatic nitrogens is 3. The van der Waals surface area contributed by atoms with Crippen LogP contribution in [0.1, 0.15) is 18.1 Å². The number of carbonyl (C=O) groups is 2. The van der Waals surface area contributed by atoms with Crippen molar-refractivity contribution < 1.29 is 14.0 Å². The number of para-hydroxylation sites is 1. The van der Waals surface area contributed by atoms with Gasteiger partial charge in [0.15, 0.2) is 10.9 Å². The maximum atomic E-state index is 13.6. The fourth-order valence-electron chi connectivity index (χ4n) is 2.94. The van der Waals surface area contributed by atoms with E-state index in [2.05, 4.69) is 25.8 Å². The summed E-state index contributed by atoms with van der Waals surface area (Å²) in [7, 11) is 0. The minimum atomic E-state index is -0.540. The van der Waals surface area contributed by atoms with Crippen molar-refractivity contribution in [2.45, 2.75) is 25.9 Å². The Kier molecular flexibility index (Phi) is 6.81. The fourth-order valence-corrected chi connectivity index (χ4v) is 3.55. The van der Waals surface area contributed by atoms with Gasteiger partial charge in [0.25, 0.3) is 5.56 Å². The highest BCUT2D eigenvalue weighted by Gasteiger charge is 2.16. The lowest BCUT2D eigenvalue weighted by Gasteiger charge is -2.13. The first kappa shape index (κ1) is 22.2. The van der Waals surface area contributed by atoms with Crippen LogP contribution in [-0.2, 0) is 9.59 Å². The zero-order chi connectivity index (χ0) is 22.5. The minimum absolute atomic E-state index is 0.0516. The van der Waals surface area contributed by atoms with Gasteiger partial charge in [-0.05, 0) is 37.6 Å². The molecule has 3 aromatic rings. The van der Waals surface area contributed by atoms with Gasteiger partial charge in [-0.2, -0.15) is 0 Å². The Balaban J connectivity index is 1.78. The van der Waals surface area contributed by atoms with E-state index < -0.39 is 17.3 Å². The number of thioether (sulfide) groups is 1. The Morgan fingerprint density at radius 2 is 1.87 bits per heavy atom. The van der Waals surface area contributed by atoms with Gasteiger partial charge < -0.3 is 10.6 Å². The smallest absolute Gasteiger partial charge is 0.278 e. The van der Waals surface area contributed by atoms with Crippen molar-refractivity contribution in [3.05, 3.63) is 63.7 Å². The van der Waals surface area contributed by atoms with Crippen molar-refractivity contribution in [1.82, 2.24) is 15.2 Å². The van der Waals surface area contributed by atoms with Crippen molar-refractivity contribution in [2.75, 3.05) is 16.4 Å². The summed E-state index contributed by atoms with van der Waals surface area (Å²) in [5.41, 5.74) is 2.24. The maximum absolute atomic E-state index is 13.6. The standard InChI is InChI=1S/C21H20FN5O3S/c1-11-8-12(2)18(23-13(3)28)14(9-11)19-20(30)25-21(27-26-19)31-10-17(29)24-16-7-5-4-6-15(16)22/h4-9H,10H2,1-3H3,(H,23,28)(H,24,29)(H,25,27,30). The van der Waals surface area contributed by atoms with Gasteiger partial charge >= 0.3 is 0 Å². The summed E-state index contributed by atoms with van der Waals surface area (Å²) >= 11 is 0.959. The van der Waals surface area contributed by atoms with E-state index in [1.807, 2.05) is 19.9 Å². The molecule has 0 aliphatic rings. The van der Waals surface area contributed by atoms with E-state index in [0.29, 0.717) is 11.3 Å². The molecule has 1 aromatic heterocycles. The first-order valence-electron chi connectivity index (χ1n) is 9.28. The second-order valence-corrected chi connectivity index (χ2v) is 7.77. The van der Waals surface area contributed by atoms with E-state index in [4.69, 9.17) is 0 Å². The van der Waals surface area contributed by atoms with Crippen molar-refractivity contribution in [3.8, 4) is 11.3 Å². The Morgan fingerprint density at radius 3 is 2.55 bits per heavy atom. The maximum Gasteiger partial charge on any atom is 0.278 e. The van der Waals surface area contributed by atoms with E-state index in [1.165, 1.54) is 25.1 Å². The number of H-pyrrole nitrogens is 1. The first-order valence-corrected chi connectivity index (χ1v) is 10.3. The molecular formula is C21H20FN5O3S. The minimum Gasteiger partial charge on any atom is -0.325 e. The summed E-state index contributed by atoms with van der Waals surface area (Å²) in [4.78, 5) is 38.9. The first-order chi connectivity index (χ1) is 14.7. The molecule has 0 saturated carbocycles. The number of halogens is 1. The largest absolute Gasteiger partial charge is 0.325 e. The molecule has 3 N–H and O–H groups in total. The molecule has 0 atom stereocenters. The molecule has 160 valence electrons. The van der Waals surface area contributed by atoms with Gasteiger partial charge in [-0.25, -0.2) is 4.39 Å². The molecule has 3 rings (SSSR count). The number of benzene rings is 2. The Bertz CT molecular complexity index is 1210. The molecule has 10 heteroatoms. The third-order valence-corrected chi connectivity index (χ3v) is 5.06. The highest BCUT2D eigenvalue weighted by Crippen LogP contribution is 2.29. The molecule has 0 radical (unpaired) electrons. The van der Waals surface area contributed by atoms with Gasteiger partial charge in [0.2, 0.25) is 11.8 Å². The van der Waals surface area contributed by atoms with Crippen LogP contribution in [0.3, 0.4) is 0 Å². The zero-order valence-corrected chi connectivity index (χ0v) is 17.9. The van der Waals surface area contributed by atoms with Crippen LogP contribution < -0.4 is 16.2 Å². The molecule has 0 aliphatic heterocycles. The number of nitrogens with one attached hydrogen (secondary N) is 3. The second kappa shape index (κ2) is 9.52. The molecule has 0 bridgehead atoms. The van der Waals surface area contributed by atoms with Crippen LogP contribution in [0.25, 0.3) is 11.3 Å². The number of nitrogens with zero attached hydrogens (tertiary/aromatic N) is 2. The highest BCUT2D eigenvalue weighted by atomic mass is 32.2. The number of anilines is 2. The van der Waals surface area contributed by atoms with Crippen molar-refractivity contribution >= 4 is 35.0 Å². The highest BCUT2D eigenvalue weighted by molar-refractivity contribution is 7.99. The summed E-state index contributed by atoms with van der Waals surface area (Å²) in [6, 6.07) is 9.45. The van der Waals surface area contributed by atoms with Crippen LogP contribution >= 0.6 is 11.8 Å². The van der Waals surface area contributed by atoms with Crippen LogP contribution in [0, 0.1) is 19.7 Å². The Hall–Kier alpha value is -3.53. The Morgan fingerprint density at radius 1 is 1.13 bits per heavy atom. The molecule has 0 saturated heterocycles. The van der Waals surface area contributed by atoms with Crippen LogP contribution in [-0.4, -0.2) is 32.7 Å². The van der Waals surface area contributed by atoms with Gasteiger partial charge in [-0.15, -0.1) is 10.2 Å². The summed E-state index contributed by atoms with van der Waals surface area (Å²) in [5.74, 6) is -1.37. The lowest BCUT2D eigenvalue weighted by Crippen LogP contribution is -2.18. The van der Waals surface area contributed by atoms with E-state index in [1.54, 1.807) is 12.1 Å². The fraction of sp³-hybridized carbons (Fsp3) is 0.190. The molecule has 2 amide bonds. The average Bonchev–Trinajstić information content (AvgIpc) is 2.70. The summed E-state index contributed by atoms with van der Waals surface area (Å²) < 4.78 is 13.6. The molecule has 0 spiro atoms. The predicted molar refractivity (Wildman–Crippen MR) is 118 cm³/mol. The van der Waals surface area contributed by atoms with Crippen molar-refractivity contribution in [3.63, 3.8) is 0 Å². The van der Waals surface area contributed by atoms with Gasteiger partial charge in [-0.3, -0.25) is 19.4 Å². The van der Waals surface area contributed by atoms with Gasteiger partial charge in [-0.1, -0.05) is 35.5 Å². The van der Waals surface area contributed by atoms with Crippen LogP contribution in [0.2, 0.25) is 0 Å². The average molecular weight is 441 g/mol. The lowest BCUT2D eigenvalue weighted by atomic mass is 10.0. The van der Waals surface area contributed by atoms with Gasteiger partial charge in [0.05, 0.1) is 17.1 Å². The zero-order valence-electron chi connectivity index (χ0n) is 17.1. The molecule has 0 fully saturated rings. The third kappa shape index (κ3) is 5.54. The topological polar surface area (TPSA) is 117 Å². The lowest BCUT2D eigenvalue weighted by molar-refractivity contribution is -0.114. The van der Waals surface area contributed by atoms with Crippen LogP contribution in [0.5, 0.6) is 0 Å². The van der Waals surface area contributed by atoms with Crippen LogP contribution in [0.15, 0.2) is 46.3 Å². The van der Waals surface area contributed by atoms with Crippen molar-refractivity contribution in [2.24, 2.45) is 0 Å². The van der Waals surface area contributed by atoms with E-state index in [9.17, 15) is 18.8 Å². The number of rotatable bonds is 6. The molecular weight excluding hydrogens is 421 g/mol. The number of hydrogen-bond donors (Lipinski definition) is 3. The molecule has 8 nitrogen and oxygen atoms in total. The molecule has 0 unspecified atom stereocenters. The second-order valence-electron chi connectivity index (χ2n) is 6.81. The number of carbonyl (C=O) groups excluding carboxylic acids is 2. The van der Waals surface area contributed by atoms with Gasteiger partial charge in [0.1, 0.15) is 5.82 Å². The summed E-state index contributed by atoms with van der Waals surface area (Å²) in [6.45, 7) is 5.07. The SMILES string of the molecule is CC(=O)Nc1c(C)cc(C)cc1-c1nnc(SCC(=O)Nc2ccccc2F)[nH]c1=O. The molecule has 2 aromatic carbocycles. The van der Waals surface area contributed by atoms with Crippen LogP contribution in [0.4, 0.5) is 15.8 Å². The van der Waals surface area contributed by atoms with E-state index in [0.717, 1.165) is 22.9 Å². The predicted octanol–water partition coefficient (Wildman–Crippen LogP) is 3.28. The summed E-state index contributed by atoms with van der Waals surface area (Å²) in [6.07, 6.45) is 0. The number of aromatic amines is 1. The number of aryl methyl sites for hydroxylation is 2. The quantitative estimate of drug-likeness (QED) is 0.506. The number of amides is 2. The molecule has 1 heterocycles. The monoisotopic (exact) mass is 441 g/mol. The van der Waals surface area contributed by atoms with E-state index >= 15 is 0 Å². The summed E-state index contributed by atoms with van der Waals surface area (Å²) in [5, 5.41) is 13.3. The Labute approximate surface area is 181 Å². The molecule has 0 aliphatic carbocycles. The van der Waals surface area contributed by atoms with Crippen molar-refractivity contribution in [1.29, 1.82) is 0 Å².